The summed E-state index contributed by atoms with van der Waals surface area (Å²) in [5.41, 5.74) is -1.03. The second-order valence-electron chi connectivity index (χ2n) is 5.38. The van der Waals surface area contributed by atoms with Crippen molar-refractivity contribution in [2.24, 2.45) is 0 Å². The van der Waals surface area contributed by atoms with Gasteiger partial charge in [0, 0.05) is 6.07 Å². The molecule has 0 saturated carbocycles. The van der Waals surface area contributed by atoms with Crippen molar-refractivity contribution in [1.82, 2.24) is 0 Å². The van der Waals surface area contributed by atoms with Crippen LogP contribution in [0.2, 0.25) is 5.02 Å². The van der Waals surface area contributed by atoms with E-state index in [1.807, 2.05) is 0 Å². The van der Waals surface area contributed by atoms with Gasteiger partial charge in [-0.15, -0.1) is 0 Å². The van der Waals surface area contributed by atoms with Crippen molar-refractivity contribution in [1.29, 1.82) is 0 Å². The summed E-state index contributed by atoms with van der Waals surface area (Å²) >= 11 is 5.90. The highest BCUT2D eigenvalue weighted by Gasteiger charge is 2.31. The Morgan fingerprint density at radius 3 is 2.50 bits per heavy atom. The van der Waals surface area contributed by atoms with Gasteiger partial charge < -0.3 is 14.8 Å². The SMILES string of the molecule is CC[C@@H](Oc1cccc(OC)c1)C(=O)Nc1cc(C(F)(F)F)ccc1Cl. The average Bonchev–Trinajstić information content (AvgIpc) is 2.60. The summed E-state index contributed by atoms with van der Waals surface area (Å²) in [5.74, 6) is 0.358. The molecule has 1 atom stereocenters. The number of methoxy groups -OCH3 is 1. The van der Waals surface area contributed by atoms with Crippen molar-refractivity contribution in [3.63, 3.8) is 0 Å². The maximum atomic E-state index is 12.8. The molecular weight excluding hydrogens is 371 g/mol. The second kappa shape index (κ2) is 8.31. The molecule has 1 amide bonds. The van der Waals surface area contributed by atoms with Crippen LogP contribution in [0, 0.1) is 0 Å². The molecule has 2 rings (SSSR count). The van der Waals surface area contributed by atoms with Crippen LogP contribution in [-0.4, -0.2) is 19.1 Å². The van der Waals surface area contributed by atoms with Crippen LogP contribution in [-0.2, 0) is 11.0 Å². The van der Waals surface area contributed by atoms with E-state index in [1.54, 1.807) is 31.2 Å². The van der Waals surface area contributed by atoms with E-state index < -0.39 is 23.8 Å². The van der Waals surface area contributed by atoms with Gasteiger partial charge in [-0.05, 0) is 36.8 Å². The maximum Gasteiger partial charge on any atom is 0.416 e. The summed E-state index contributed by atoms with van der Waals surface area (Å²) in [7, 11) is 1.50. The van der Waals surface area contributed by atoms with E-state index in [-0.39, 0.29) is 10.7 Å². The number of benzene rings is 2. The molecule has 26 heavy (non-hydrogen) atoms. The molecule has 140 valence electrons. The molecule has 0 unspecified atom stereocenters. The lowest BCUT2D eigenvalue weighted by molar-refractivity contribution is -0.137. The van der Waals surface area contributed by atoms with Crippen LogP contribution in [0.3, 0.4) is 0 Å². The molecule has 0 saturated heterocycles. The van der Waals surface area contributed by atoms with Gasteiger partial charge in [0.1, 0.15) is 11.5 Å². The Morgan fingerprint density at radius 1 is 1.19 bits per heavy atom. The minimum Gasteiger partial charge on any atom is -0.497 e. The number of ether oxygens (including phenoxy) is 2. The Balaban J connectivity index is 2.16. The Morgan fingerprint density at radius 2 is 1.88 bits per heavy atom. The maximum absolute atomic E-state index is 12.8. The van der Waals surface area contributed by atoms with Crippen LogP contribution in [0.25, 0.3) is 0 Å². The molecule has 0 aliphatic rings. The predicted molar refractivity (Wildman–Crippen MR) is 92.8 cm³/mol. The zero-order valence-corrected chi connectivity index (χ0v) is 14.8. The number of halogens is 4. The summed E-state index contributed by atoms with van der Waals surface area (Å²) in [5, 5.41) is 2.40. The first-order valence-electron chi connectivity index (χ1n) is 7.73. The number of carbonyl (C=O) groups is 1. The van der Waals surface area contributed by atoms with Gasteiger partial charge in [0.15, 0.2) is 6.10 Å². The number of hydrogen-bond donors (Lipinski definition) is 1. The number of alkyl halides is 3. The molecule has 0 aliphatic carbocycles. The second-order valence-corrected chi connectivity index (χ2v) is 5.78. The number of amides is 1. The standard InChI is InChI=1S/C18H17ClF3NO3/c1-3-16(26-13-6-4-5-12(10-13)25-2)17(24)23-15-9-11(18(20,21)22)7-8-14(15)19/h4-10,16H,3H2,1-2H3,(H,23,24)/t16-/m1/s1. The summed E-state index contributed by atoms with van der Waals surface area (Å²) in [6, 6.07) is 9.39. The minimum atomic E-state index is -4.54. The molecular formula is C18H17ClF3NO3. The van der Waals surface area contributed by atoms with Crippen LogP contribution in [0.15, 0.2) is 42.5 Å². The van der Waals surface area contributed by atoms with Crippen molar-refractivity contribution in [3.8, 4) is 11.5 Å². The molecule has 0 radical (unpaired) electrons. The normalized spacial score (nSPS) is 12.4. The first-order valence-corrected chi connectivity index (χ1v) is 8.10. The Labute approximate surface area is 153 Å². The fourth-order valence-electron chi connectivity index (χ4n) is 2.17. The van der Waals surface area contributed by atoms with E-state index in [0.717, 1.165) is 18.2 Å². The number of anilines is 1. The van der Waals surface area contributed by atoms with Gasteiger partial charge in [0.2, 0.25) is 0 Å². The number of carbonyl (C=O) groups excluding carboxylic acids is 1. The zero-order chi connectivity index (χ0) is 19.3. The molecule has 0 aliphatic heterocycles. The highest BCUT2D eigenvalue weighted by Crippen LogP contribution is 2.34. The van der Waals surface area contributed by atoms with Gasteiger partial charge in [-0.2, -0.15) is 13.2 Å². The van der Waals surface area contributed by atoms with Gasteiger partial charge in [-0.3, -0.25) is 4.79 Å². The van der Waals surface area contributed by atoms with E-state index in [9.17, 15) is 18.0 Å². The lowest BCUT2D eigenvalue weighted by Gasteiger charge is -2.18. The Bertz CT molecular complexity index is 781. The van der Waals surface area contributed by atoms with E-state index >= 15 is 0 Å². The van der Waals surface area contributed by atoms with Gasteiger partial charge in [-0.25, -0.2) is 0 Å². The van der Waals surface area contributed by atoms with Crippen molar-refractivity contribution >= 4 is 23.2 Å². The van der Waals surface area contributed by atoms with Crippen LogP contribution in [0.5, 0.6) is 11.5 Å². The van der Waals surface area contributed by atoms with Crippen LogP contribution >= 0.6 is 11.6 Å². The third-order valence-corrected chi connectivity index (χ3v) is 3.86. The highest BCUT2D eigenvalue weighted by atomic mass is 35.5. The zero-order valence-electron chi connectivity index (χ0n) is 14.1. The van der Waals surface area contributed by atoms with Gasteiger partial charge >= 0.3 is 6.18 Å². The fourth-order valence-corrected chi connectivity index (χ4v) is 2.34. The molecule has 2 aromatic rings. The summed E-state index contributed by atoms with van der Waals surface area (Å²) in [6.07, 6.45) is -5.14. The van der Waals surface area contributed by atoms with Gasteiger partial charge in [0.25, 0.3) is 5.91 Å². The monoisotopic (exact) mass is 387 g/mol. The van der Waals surface area contributed by atoms with E-state index in [4.69, 9.17) is 21.1 Å². The highest BCUT2D eigenvalue weighted by molar-refractivity contribution is 6.33. The topological polar surface area (TPSA) is 47.6 Å². The van der Waals surface area contributed by atoms with Crippen LogP contribution in [0.4, 0.5) is 18.9 Å². The quantitative estimate of drug-likeness (QED) is 0.744. The third-order valence-electron chi connectivity index (χ3n) is 3.53. The predicted octanol–water partition coefficient (Wildman–Crippen LogP) is 5.16. The third kappa shape index (κ3) is 5.05. The summed E-state index contributed by atoms with van der Waals surface area (Å²) in [6.45, 7) is 1.72. The molecule has 1 N–H and O–H groups in total. The van der Waals surface area contributed by atoms with Crippen molar-refractivity contribution in [2.75, 3.05) is 12.4 Å². The molecule has 2 aromatic carbocycles. The lowest BCUT2D eigenvalue weighted by atomic mass is 10.1. The molecule has 8 heteroatoms. The Hall–Kier alpha value is -2.41. The minimum absolute atomic E-state index is 0.00239. The van der Waals surface area contributed by atoms with Gasteiger partial charge in [0.05, 0.1) is 23.4 Å². The molecule has 0 spiro atoms. The van der Waals surface area contributed by atoms with E-state index in [1.165, 1.54) is 7.11 Å². The molecule has 0 heterocycles. The van der Waals surface area contributed by atoms with Crippen molar-refractivity contribution in [3.05, 3.63) is 53.1 Å². The summed E-state index contributed by atoms with van der Waals surface area (Å²) in [4.78, 5) is 12.4. The molecule has 4 nitrogen and oxygen atoms in total. The number of nitrogens with one attached hydrogen (secondary N) is 1. The van der Waals surface area contributed by atoms with E-state index in [0.29, 0.717) is 17.9 Å². The fraction of sp³-hybridized carbons (Fsp3) is 0.278. The van der Waals surface area contributed by atoms with Gasteiger partial charge in [-0.1, -0.05) is 24.6 Å². The van der Waals surface area contributed by atoms with Crippen LogP contribution in [0.1, 0.15) is 18.9 Å². The number of hydrogen-bond acceptors (Lipinski definition) is 3. The first kappa shape index (κ1) is 19.9. The molecule has 0 bridgehead atoms. The lowest BCUT2D eigenvalue weighted by Crippen LogP contribution is -2.32. The first-order chi connectivity index (χ1) is 12.2. The van der Waals surface area contributed by atoms with Crippen molar-refractivity contribution < 1.29 is 27.4 Å². The van der Waals surface area contributed by atoms with Crippen molar-refractivity contribution in [2.45, 2.75) is 25.6 Å². The summed E-state index contributed by atoms with van der Waals surface area (Å²) < 4.78 is 49.2. The smallest absolute Gasteiger partial charge is 0.416 e. The molecule has 0 fully saturated rings. The van der Waals surface area contributed by atoms with Crippen LogP contribution < -0.4 is 14.8 Å². The Kier molecular flexibility index (Phi) is 6.37. The molecule has 0 aromatic heterocycles. The van der Waals surface area contributed by atoms with E-state index in [2.05, 4.69) is 5.32 Å². The average molecular weight is 388 g/mol. The largest absolute Gasteiger partial charge is 0.497 e. The number of rotatable bonds is 6.